The van der Waals surface area contributed by atoms with Crippen molar-refractivity contribution < 1.29 is 8.42 Å². The van der Waals surface area contributed by atoms with Gasteiger partial charge in [0.25, 0.3) is 0 Å². The summed E-state index contributed by atoms with van der Waals surface area (Å²) in [6, 6.07) is 4.84. The van der Waals surface area contributed by atoms with Crippen LogP contribution in [-0.2, 0) is 16.4 Å². The van der Waals surface area contributed by atoms with Crippen LogP contribution in [0.1, 0.15) is 31.2 Å². The van der Waals surface area contributed by atoms with Crippen LogP contribution in [0.3, 0.4) is 0 Å². The van der Waals surface area contributed by atoms with Gasteiger partial charge < -0.3 is 5.73 Å². The Morgan fingerprint density at radius 2 is 1.94 bits per heavy atom. The zero-order chi connectivity index (χ0) is 12.5. The Morgan fingerprint density at radius 1 is 1.29 bits per heavy atom. The van der Waals surface area contributed by atoms with Crippen molar-refractivity contribution in [1.29, 1.82) is 0 Å². The molecule has 2 N–H and O–H groups in total. The summed E-state index contributed by atoms with van der Waals surface area (Å²) in [4.78, 5) is 0.358. The van der Waals surface area contributed by atoms with E-state index in [1.54, 1.807) is 18.2 Å². The summed E-state index contributed by atoms with van der Waals surface area (Å²) < 4.78 is 24.9. The topological polar surface area (TPSA) is 60.2 Å². The van der Waals surface area contributed by atoms with Crippen LogP contribution >= 0.6 is 11.6 Å². The van der Waals surface area contributed by atoms with Crippen molar-refractivity contribution in [3.05, 3.63) is 28.8 Å². The van der Waals surface area contributed by atoms with Crippen molar-refractivity contribution in [2.45, 2.75) is 42.4 Å². The molecule has 0 atom stereocenters. The maximum Gasteiger partial charge on any atom is 0.181 e. The summed E-state index contributed by atoms with van der Waals surface area (Å²) in [7, 11) is -3.24. The molecule has 1 aliphatic rings. The summed E-state index contributed by atoms with van der Waals surface area (Å²) in [5.41, 5.74) is 6.21. The molecule has 0 saturated heterocycles. The number of sulfone groups is 1. The summed E-state index contributed by atoms with van der Waals surface area (Å²) in [5, 5.41) is 0.282. The van der Waals surface area contributed by atoms with Crippen LogP contribution in [0.5, 0.6) is 0 Å². The number of benzene rings is 1. The van der Waals surface area contributed by atoms with Crippen molar-refractivity contribution in [2.24, 2.45) is 5.73 Å². The highest BCUT2D eigenvalue weighted by Gasteiger charge is 2.31. The van der Waals surface area contributed by atoms with E-state index in [-0.39, 0.29) is 11.8 Å². The van der Waals surface area contributed by atoms with Gasteiger partial charge in [-0.3, -0.25) is 0 Å². The number of rotatable bonds is 3. The van der Waals surface area contributed by atoms with E-state index < -0.39 is 9.84 Å². The van der Waals surface area contributed by atoms with E-state index in [1.807, 2.05) is 0 Å². The molecule has 17 heavy (non-hydrogen) atoms. The maximum absolute atomic E-state index is 12.4. The Bertz CT molecular complexity index is 507. The van der Waals surface area contributed by atoms with E-state index in [0.29, 0.717) is 15.5 Å². The molecule has 0 spiro atoms. The second-order valence-corrected chi connectivity index (χ2v) is 7.04. The van der Waals surface area contributed by atoms with E-state index in [1.165, 1.54) is 0 Å². The minimum atomic E-state index is -3.24. The fourth-order valence-corrected chi connectivity index (χ4v) is 4.64. The van der Waals surface area contributed by atoms with Crippen molar-refractivity contribution in [3.8, 4) is 0 Å². The molecule has 0 aliphatic heterocycles. The normalized spacial score (nSPS) is 17.5. The van der Waals surface area contributed by atoms with Crippen LogP contribution in [0.2, 0.25) is 5.02 Å². The summed E-state index contributed by atoms with van der Waals surface area (Å²) >= 11 is 5.85. The zero-order valence-corrected chi connectivity index (χ0v) is 11.1. The number of hydrogen-bond donors (Lipinski definition) is 1. The summed E-state index contributed by atoms with van der Waals surface area (Å²) in [6.45, 7) is 0.196. The molecule has 5 heteroatoms. The van der Waals surface area contributed by atoms with Gasteiger partial charge in [-0.15, -0.1) is 0 Å². The van der Waals surface area contributed by atoms with Gasteiger partial charge in [0.1, 0.15) is 0 Å². The summed E-state index contributed by atoms with van der Waals surface area (Å²) in [5.74, 6) is 0. The quantitative estimate of drug-likeness (QED) is 0.921. The van der Waals surface area contributed by atoms with Crippen LogP contribution in [0.25, 0.3) is 0 Å². The first-order valence-corrected chi connectivity index (χ1v) is 7.70. The molecule has 0 heterocycles. The SMILES string of the molecule is NCc1cc(Cl)ccc1S(=O)(=O)C1CCCC1. The lowest BCUT2D eigenvalue weighted by atomic mass is 10.2. The van der Waals surface area contributed by atoms with Gasteiger partial charge in [0.2, 0.25) is 0 Å². The van der Waals surface area contributed by atoms with Crippen LogP contribution in [0.4, 0.5) is 0 Å². The highest BCUT2D eigenvalue weighted by Crippen LogP contribution is 2.31. The Balaban J connectivity index is 2.45. The zero-order valence-electron chi connectivity index (χ0n) is 9.52. The molecule has 1 aromatic rings. The molecule has 94 valence electrons. The minimum absolute atomic E-state index is 0.196. The Morgan fingerprint density at radius 3 is 2.53 bits per heavy atom. The second kappa shape index (κ2) is 4.96. The van der Waals surface area contributed by atoms with Crippen LogP contribution in [0, 0.1) is 0 Å². The number of nitrogens with two attached hydrogens (primary N) is 1. The van der Waals surface area contributed by atoms with E-state index in [4.69, 9.17) is 17.3 Å². The maximum atomic E-state index is 12.4. The highest BCUT2D eigenvalue weighted by atomic mass is 35.5. The van der Waals surface area contributed by atoms with Crippen molar-refractivity contribution in [3.63, 3.8) is 0 Å². The smallest absolute Gasteiger partial charge is 0.181 e. The Labute approximate surface area is 107 Å². The average Bonchev–Trinajstić information content (AvgIpc) is 2.82. The Hall–Kier alpha value is -0.580. The molecule has 0 aromatic heterocycles. The highest BCUT2D eigenvalue weighted by molar-refractivity contribution is 7.92. The van der Waals surface area contributed by atoms with E-state index in [9.17, 15) is 8.42 Å². The predicted molar refractivity (Wildman–Crippen MR) is 68.8 cm³/mol. The van der Waals surface area contributed by atoms with Gasteiger partial charge in [-0.25, -0.2) is 8.42 Å². The van der Waals surface area contributed by atoms with Gasteiger partial charge in [0, 0.05) is 11.6 Å². The van der Waals surface area contributed by atoms with Crippen molar-refractivity contribution in [1.82, 2.24) is 0 Å². The third-order valence-electron chi connectivity index (χ3n) is 3.29. The van der Waals surface area contributed by atoms with Gasteiger partial charge in [-0.2, -0.15) is 0 Å². The van der Waals surface area contributed by atoms with Gasteiger partial charge in [-0.1, -0.05) is 24.4 Å². The van der Waals surface area contributed by atoms with E-state index >= 15 is 0 Å². The molecule has 1 aromatic carbocycles. The molecular formula is C12H16ClNO2S. The lowest BCUT2D eigenvalue weighted by Gasteiger charge is -2.14. The van der Waals surface area contributed by atoms with Crippen LogP contribution in [-0.4, -0.2) is 13.7 Å². The molecule has 0 unspecified atom stereocenters. The van der Waals surface area contributed by atoms with Gasteiger partial charge in [-0.05, 0) is 36.6 Å². The van der Waals surface area contributed by atoms with E-state index in [2.05, 4.69) is 0 Å². The number of halogens is 1. The van der Waals surface area contributed by atoms with Gasteiger partial charge in [0.15, 0.2) is 9.84 Å². The fraction of sp³-hybridized carbons (Fsp3) is 0.500. The first kappa shape index (κ1) is 12.9. The molecule has 3 nitrogen and oxygen atoms in total. The third kappa shape index (κ3) is 2.49. The molecule has 1 aliphatic carbocycles. The third-order valence-corrected chi connectivity index (χ3v) is 5.89. The Kier molecular flexibility index (Phi) is 3.76. The predicted octanol–water partition coefficient (Wildman–Crippen LogP) is 2.52. The molecule has 0 amide bonds. The lowest BCUT2D eigenvalue weighted by molar-refractivity contribution is 0.578. The minimum Gasteiger partial charge on any atom is -0.326 e. The second-order valence-electron chi connectivity index (χ2n) is 4.41. The molecule has 1 fully saturated rings. The van der Waals surface area contributed by atoms with Gasteiger partial charge in [0.05, 0.1) is 10.1 Å². The van der Waals surface area contributed by atoms with Crippen LogP contribution < -0.4 is 5.73 Å². The van der Waals surface area contributed by atoms with Crippen molar-refractivity contribution >= 4 is 21.4 Å². The number of hydrogen-bond acceptors (Lipinski definition) is 3. The molecule has 1 saturated carbocycles. The first-order chi connectivity index (χ1) is 8.05. The molecule has 0 radical (unpaired) electrons. The average molecular weight is 274 g/mol. The largest absolute Gasteiger partial charge is 0.326 e. The monoisotopic (exact) mass is 273 g/mol. The summed E-state index contributed by atoms with van der Waals surface area (Å²) in [6.07, 6.45) is 3.51. The lowest BCUT2D eigenvalue weighted by Crippen LogP contribution is -2.20. The van der Waals surface area contributed by atoms with Gasteiger partial charge >= 0.3 is 0 Å². The first-order valence-electron chi connectivity index (χ1n) is 5.78. The van der Waals surface area contributed by atoms with E-state index in [0.717, 1.165) is 25.7 Å². The van der Waals surface area contributed by atoms with Crippen molar-refractivity contribution in [2.75, 3.05) is 0 Å². The van der Waals surface area contributed by atoms with Crippen LogP contribution in [0.15, 0.2) is 23.1 Å². The molecule has 0 bridgehead atoms. The molecular weight excluding hydrogens is 258 g/mol. The fourth-order valence-electron chi connectivity index (χ4n) is 2.36. The standard InChI is InChI=1S/C12H16ClNO2S/c13-10-5-6-12(9(7-10)8-14)17(15,16)11-3-1-2-4-11/h5-7,11H,1-4,8,14H2. The molecule has 2 rings (SSSR count).